The number of hydrogen-bond acceptors (Lipinski definition) is 2. The van der Waals surface area contributed by atoms with Crippen LogP contribution in [0.15, 0.2) is 53.6 Å². The van der Waals surface area contributed by atoms with Gasteiger partial charge in [0, 0.05) is 29.6 Å². The number of fused-ring (bicyclic) bond motifs is 3. The van der Waals surface area contributed by atoms with Crippen molar-refractivity contribution in [2.75, 3.05) is 0 Å². The molecule has 3 aromatic rings. The van der Waals surface area contributed by atoms with Crippen LogP contribution in [0.1, 0.15) is 41.6 Å². The van der Waals surface area contributed by atoms with Gasteiger partial charge in [0.05, 0.1) is 6.21 Å². The van der Waals surface area contributed by atoms with E-state index in [1.165, 1.54) is 40.6 Å². The first-order chi connectivity index (χ1) is 13.2. The lowest BCUT2D eigenvalue weighted by Crippen LogP contribution is -2.20. The van der Waals surface area contributed by atoms with Crippen molar-refractivity contribution in [2.45, 2.75) is 45.6 Å². The standard InChI is InChI=1S/C23H25N3O/c1-17-10-12-18(13-11-17)16-24-25-23(27)14-15-26-21-8-4-2-6-19(21)20-7-3-5-9-22(20)26/h2,4,6,8,10-13,16H,3,5,7,9,14-15H2,1H3,(H,25,27)/b24-16-. The van der Waals surface area contributed by atoms with E-state index in [9.17, 15) is 4.79 Å². The van der Waals surface area contributed by atoms with Crippen molar-refractivity contribution in [3.05, 3.63) is 70.9 Å². The van der Waals surface area contributed by atoms with Crippen molar-refractivity contribution in [1.82, 2.24) is 9.99 Å². The van der Waals surface area contributed by atoms with Gasteiger partial charge in [-0.25, -0.2) is 5.43 Å². The van der Waals surface area contributed by atoms with Crippen molar-refractivity contribution >= 4 is 23.0 Å². The number of benzene rings is 2. The minimum absolute atomic E-state index is 0.0549. The van der Waals surface area contributed by atoms with Gasteiger partial charge in [-0.2, -0.15) is 5.10 Å². The molecule has 4 rings (SSSR count). The molecule has 1 aromatic heterocycles. The van der Waals surface area contributed by atoms with Gasteiger partial charge in [-0.3, -0.25) is 4.79 Å². The van der Waals surface area contributed by atoms with Crippen LogP contribution in [-0.4, -0.2) is 16.7 Å². The predicted molar refractivity (Wildman–Crippen MR) is 110 cm³/mol. The Bertz CT molecular complexity index is 983. The molecule has 0 bridgehead atoms. The number of amides is 1. The van der Waals surface area contributed by atoms with Gasteiger partial charge in [-0.05, 0) is 49.8 Å². The first kappa shape index (κ1) is 17.5. The second kappa shape index (κ2) is 7.78. The van der Waals surface area contributed by atoms with Crippen molar-refractivity contribution in [1.29, 1.82) is 0 Å². The van der Waals surface area contributed by atoms with E-state index in [0.717, 1.165) is 18.4 Å². The van der Waals surface area contributed by atoms with Crippen LogP contribution in [0.5, 0.6) is 0 Å². The van der Waals surface area contributed by atoms with E-state index >= 15 is 0 Å². The van der Waals surface area contributed by atoms with Gasteiger partial charge < -0.3 is 4.57 Å². The highest BCUT2D eigenvalue weighted by Crippen LogP contribution is 2.32. The number of rotatable bonds is 5. The number of aromatic nitrogens is 1. The van der Waals surface area contributed by atoms with Crippen LogP contribution in [0.2, 0.25) is 0 Å². The molecule has 0 aliphatic heterocycles. The molecule has 0 saturated carbocycles. The zero-order chi connectivity index (χ0) is 18.6. The van der Waals surface area contributed by atoms with Crippen molar-refractivity contribution < 1.29 is 4.79 Å². The number of carbonyl (C=O) groups excluding carboxylic acids is 1. The van der Waals surface area contributed by atoms with Crippen molar-refractivity contribution in [3.63, 3.8) is 0 Å². The second-order valence-electron chi connectivity index (χ2n) is 7.26. The number of hydrazone groups is 1. The normalized spacial score (nSPS) is 13.8. The molecular weight excluding hydrogens is 334 g/mol. The molecule has 1 N–H and O–H groups in total. The maximum Gasteiger partial charge on any atom is 0.241 e. The summed E-state index contributed by atoms with van der Waals surface area (Å²) in [6.45, 7) is 2.74. The minimum Gasteiger partial charge on any atom is -0.344 e. The molecule has 138 valence electrons. The van der Waals surface area contributed by atoms with Gasteiger partial charge in [0.1, 0.15) is 0 Å². The molecule has 2 aromatic carbocycles. The van der Waals surface area contributed by atoms with Crippen LogP contribution in [0.4, 0.5) is 0 Å². The lowest BCUT2D eigenvalue weighted by Gasteiger charge is -2.15. The Balaban J connectivity index is 1.43. The molecule has 0 fully saturated rings. The predicted octanol–water partition coefficient (Wildman–Crippen LogP) is 4.37. The van der Waals surface area contributed by atoms with Crippen molar-refractivity contribution in [3.8, 4) is 0 Å². The third-order valence-corrected chi connectivity index (χ3v) is 5.33. The topological polar surface area (TPSA) is 46.4 Å². The quantitative estimate of drug-likeness (QED) is 0.534. The fourth-order valence-corrected chi connectivity index (χ4v) is 3.94. The van der Waals surface area contributed by atoms with Gasteiger partial charge in [-0.1, -0.05) is 48.0 Å². The molecule has 1 amide bonds. The summed E-state index contributed by atoms with van der Waals surface area (Å²) in [5.74, 6) is -0.0549. The maximum absolute atomic E-state index is 12.2. The maximum atomic E-state index is 12.2. The number of carbonyl (C=O) groups is 1. The molecule has 0 saturated heterocycles. The molecule has 4 heteroatoms. The van der Waals surface area contributed by atoms with Crippen LogP contribution in [-0.2, 0) is 24.2 Å². The van der Waals surface area contributed by atoms with Crippen LogP contribution >= 0.6 is 0 Å². The van der Waals surface area contributed by atoms with Gasteiger partial charge in [0.15, 0.2) is 0 Å². The Morgan fingerprint density at radius 1 is 1.11 bits per heavy atom. The third kappa shape index (κ3) is 3.80. The number of hydrogen-bond donors (Lipinski definition) is 1. The number of para-hydroxylation sites is 1. The molecular formula is C23H25N3O. The lowest BCUT2D eigenvalue weighted by atomic mass is 9.95. The van der Waals surface area contributed by atoms with Gasteiger partial charge in [0.25, 0.3) is 0 Å². The van der Waals surface area contributed by atoms with Gasteiger partial charge >= 0.3 is 0 Å². The summed E-state index contributed by atoms with van der Waals surface area (Å²) in [7, 11) is 0. The Morgan fingerprint density at radius 3 is 2.74 bits per heavy atom. The van der Waals surface area contributed by atoms with E-state index < -0.39 is 0 Å². The average molecular weight is 359 g/mol. The number of nitrogens with zero attached hydrogens (tertiary/aromatic N) is 2. The summed E-state index contributed by atoms with van der Waals surface area (Å²) >= 11 is 0. The molecule has 1 aliphatic carbocycles. The average Bonchev–Trinajstić information content (AvgIpc) is 3.02. The fourth-order valence-electron chi connectivity index (χ4n) is 3.94. The van der Waals surface area contributed by atoms with E-state index in [-0.39, 0.29) is 5.91 Å². The molecule has 0 spiro atoms. The summed E-state index contributed by atoms with van der Waals surface area (Å²) in [6.07, 6.45) is 6.86. The summed E-state index contributed by atoms with van der Waals surface area (Å²) in [4.78, 5) is 12.2. The Hall–Kier alpha value is -2.88. The lowest BCUT2D eigenvalue weighted by molar-refractivity contribution is -0.121. The molecule has 0 radical (unpaired) electrons. The first-order valence-electron chi connectivity index (χ1n) is 9.70. The van der Waals surface area contributed by atoms with E-state index in [2.05, 4.69) is 39.4 Å². The first-order valence-corrected chi connectivity index (χ1v) is 9.70. The minimum atomic E-state index is -0.0549. The summed E-state index contributed by atoms with van der Waals surface area (Å²) in [6, 6.07) is 16.6. The second-order valence-corrected chi connectivity index (χ2v) is 7.26. The van der Waals surface area contributed by atoms with Gasteiger partial charge in [-0.15, -0.1) is 0 Å². The fraction of sp³-hybridized carbons (Fsp3) is 0.304. The molecule has 0 atom stereocenters. The monoisotopic (exact) mass is 359 g/mol. The largest absolute Gasteiger partial charge is 0.344 e. The Kier molecular flexibility index (Phi) is 5.05. The molecule has 27 heavy (non-hydrogen) atoms. The SMILES string of the molecule is Cc1ccc(/C=N\NC(=O)CCn2c3c(c4ccccc42)CCCC3)cc1. The molecule has 1 heterocycles. The molecule has 4 nitrogen and oxygen atoms in total. The number of nitrogens with one attached hydrogen (secondary N) is 1. The van der Waals surface area contributed by atoms with Crippen LogP contribution in [0, 0.1) is 6.92 Å². The zero-order valence-corrected chi connectivity index (χ0v) is 15.7. The van der Waals surface area contributed by atoms with E-state index in [1.54, 1.807) is 6.21 Å². The van der Waals surface area contributed by atoms with Gasteiger partial charge in [0.2, 0.25) is 5.91 Å². The highest BCUT2D eigenvalue weighted by atomic mass is 16.2. The number of aryl methyl sites for hydroxylation is 3. The van der Waals surface area contributed by atoms with E-state index in [4.69, 9.17) is 0 Å². The Labute approximate surface area is 159 Å². The van der Waals surface area contributed by atoms with Crippen LogP contribution in [0.25, 0.3) is 10.9 Å². The van der Waals surface area contributed by atoms with Crippen LogP contribution < -0.4 is 5.43 Å². The van der Waals surface area contributed by atoms with E-state index in [1.807, 2.05) is 31.2 Å². The molecule has 1 aliphatic rings. The Morgan fingerprint density at radius 2 is 1.89 bits per heavy atom. The van der Waals surface area contributed by atoms with E-state index in [0.29, 0.717) is 13.0 Å². The third-order valence-electron chi connectivity index (χ3n) is 5.33. The van der Waals surface area contributed by atoms with Crippen LogP contribution in [0.3, 0.4) is 0 Å². The smallest absolute Gasteiger partial charge is 0.241 e. The summed E-state index contributed by atoms with van der Waals surface area (Å²) in [5.41, 5.74) is 8.99. The van der Waals surface area contributed by atoms with Crippen molar-refractivity contribution in [2.24, 2.45) is 5.10 Å². The molecule has 0 unspecified atom stereocenters. The zero-order valence-electron chi connectivity index (χ0n) is 15.7. The highest BCUT2D eigenvalue weighted by Gasteiger charge is 2.19. The highest BCUT2D eigenvalue weighted by molar-refractivity contribution is 5.86. The summed E-state index contributed by atoms with van der Waals surface area (Å²) in [5, 5.41) is 5.44. The summed E-state index contributed by atoms with van der Waals surface area (Å²) < 4.78 is 2.34.